The first-order valence-corrected chi connectivity index (χ1v) is 10.7. The number of aliphatic imine (C=N–C) groups is 1. The van der Waals surface area contributed by atoms with Gasteiger partial charge in [0, 0.05) is 52.9 Å². The van der Waals surface area contributed by atoms with Gasteiger partial charge in [-0.2, -0.15) is 0 Å². The molecule has 0 aromatic heterocycles. The second kappa shape index (κ2) is 9.76. The van der Waals surface area contributed by atoms with Crippen LogP contribution in [0.15, 0.2) is 4.99 Å². The largest absolute Gasteiger partial charge is 0.356 e. The van der Waals surface area contributed by atoms with E-state index in [2.05, 4.69) is 54.7 Å². The van der Waals surface area contributed by atoms with E-state index in [1.807, 2.05) is 11.9 Å². The quantitative estimate of drug-likeness (QED) is 0.568. The molecule has 27 heavy (non-hydrogen) atoms. The molecule has 1 N–H and O–H groups in total. The van der Waals surface area contributed by atoms with Crippen LogP contribution in [0.3, 0.4) is 0 Å². The van der Waals surface area contributed by atoms with Gasteiger partial charge >= 0.3 is 0 Å². The van der Waals surface area contributed by atoms with E-state index < -0.39 is 0 Å². The predicted octanol–water partition coefficient (Wildman–Crippen LogP) is 2.26. The first-order chi connectivity index (χ1) is 12.7. The molecule has 6 nitrogen and oxygen atoms in total. The maximum atomic E-state index is 12.7. The minimum absolute atomic E-state index is 0.00907. The average Bonchev–Trinajstić information content (AvgIpc) is 3.15. The molecule has 1 amide bonds. The topological polar surface area (TPSA) is 51.2 Å². The van der Waals surface area contributed by atoms with Crippen LogP contribution in [0.5, 0.6) is 0 Å². The Balaban J connectivity index is 1.81. The predicted molar refractivity (Wildman–Crippen MR) is 113 cm³/mol. The standard InChI is InChI=1S/C21H41N5O/c1-17(2)15-21(4,5)16-23-20(22-6)26-13-11-24(12-14-26)18(3)19(27)25-9-7-8-10-25/h17-18H,7-16H2,1-6H3,(H,22,23). The number of guanidine groups is 1. The Morgan fingerprint density at radius 3 is 2.11 bits per heavy atom. The highest BCUT2D eigenvalue weighted by Crippen LogP contribution is 2.24. The van der Waals surface area contributed by atoms with E-state index in [1.54, 1.807) is 0 Å². The monoisotopic (exact) mass is 379 g/mol. The van der Waals surface area contributed by atoms with E-state index in [4.69, 9.17) is 0 Å². The van der Waals surface area contributed by atoms with E-state index in [1.165, 1.54) is 6.42 Å². The smallest absolute Gasteiger partial charge is 0.239 e. The summed E-state index contributed by atoms with van der Waals surface area (Å²) < 4.78 is 0. The summed E-state index contributed by atoms with van der Waals surface area (Å²) >= 11 is 0. The molecule has 2 rings (SSSR count). The second-order valence-electron chi connectivity index (χ2n) is 9.39. The third kappa shape index (κ3) is 6.37. The Morgan fingerprint density at radius 2 is 1.59 bits per heavy atom. The number of nitrogens with zero attached hydrogens (tertiary/aromatic N) is 4. The highest BCUT2D eigenvalue weighted by molar-refractivity contribution is 5.82. The maximum Gasteiger partial charge on any atom is 0.239 e. The van der Waals surface area contributed by atoms with Crippen molar-refractivity contribution in [3.8, 4) is 0 Å². The zero-order valence-corrected chi connectivity index (χ0v) is 18.4. The van der Waals surface area contributed by atoms with Crippen molar-refractivity contribution in [2.24, 2.45) is 16.3 Å². The molecule has 156 valence electrons. The maximum absolute atomic E-state index is 12.7. The summed E-state index contributed by atoms with van der Waals surface area (Å²) in [5, 5.41) is 3.58. The van der Waals surface area contributed by atoms with Crippen LogP contribution in [0.1, 0.15) is 53.9 Å². The van der Waals surface area contributed by atoms with Crippen molar-refractivity contribution in [2.75, 3.05) is 52.9 Å². The number of hydrogen-bond acceptors (Lipinski definition) is 3. The van der Waals surface area contributed by atoms with Crippen LogP contribution in [-0.4, -0.2) is 85.5 Å². The van der Waals surface area contributed by atoms with Crippen molar-refractivity contribution < 1.29 is 4.79 Å². The lowest BCUT2D eigenvalue weighted by atomic mass is 9.84. The fourth-order valence-electron chi connectivity index (χ4n) is 4.51. The third-order valence-corrected chi connectivity index (χ3v) is 5.83. The SMILES string of the molecule is CN=C(NCC(C)(C)CC(C)C)N1CCN(C(C)C(=O)N2CCCC2)CC1. The zero-order valence-electron chi connectivity index (χ0n) is 18.4. The number of piperazine rings is 1. The Hall–Kier alpha value is -1.30. The molecule has 0 aliphatic carbocycles. The molecule has 0 spiro atoms. The van der Waals surface area contributed by atoms with Crippen molar-refractivity contribution in [3.05, 3.63) is 0 Å². The van der Waals surface area contributed by atoms with E-state index in [0.717, 1.165) is 64.6 Å². The summed E-state index contributed by atoms with van der Waals surface area (Å²) in [4.78, 5) is 23.8. The summed E-state index contributed by atoms with van der Waals surface area (Å²) in [5.74, 6) is 1.99. The molecule has 1 atom stereocenters. The fraction of sp³-hybridized carbons (Fsp3) is 0.905. The Morgan fingerprint density at radius 1 is 1.00 bits per heavy atom. The Labute approximate surface area is 166 Å². The third-order valence-electron chi connectivity index (χ3n) is 5.83. The summed E-state index contributed by atoms with van der Waals surface area (Å²) in [6, 6.07) is -0.00907. The van der Waals surface area contributed by atoms with Crippen LogP contribution in [0.2, 0.25) is 0 Å². The van der Waals surface area contributed by atoms with E-state index in [9.17, 15) is 4.79 Å². The van der Waals surface area contributed by atoms with E-state index >= 15 is 0 Å². The van der Waals surface area contributed by atoms with Gasteiger partial charge in [-0.05, 0) is 37.5 Å². The molecule has 2 aliphatic heterocycles. The van der Waals surface area contributed by atoms with Crippen LogP contribution >= 0.6 is 0 Å². The molecule has 0 radical (unpaired) electrons. The number of rotatable bonds is 6. The minimum atomic E-state index is -0.00907. The van der Waals surface area contributed by atoms with Crippen LogP contribution in [0, 0.1) is 11.3 Å². The first-order valence-electron chi connectivity index (χ1n) is 10.7. The van der Waals surface area contributed by atoms with Gasteiger partial charge in [0.2, 0.25) is 5.91 Å². The molecular weight excluding hydrogens is 338 g/mol. The lowest BCUT2D eigenvalue weighted by molar-refractivity contribution is -0.135. The highest BCUT2D eigenvalue weighted by Gasteiger charge is 2.30. The van der Waals surface area contributed by atoms with Gasteiger partial charge in [-0.15, -0.1) is 0 Å². The molecule has 6 heteroatoms. The van der Waals surface area contributed by atoms with Crippen LogP contribution < -0.4 is 5.32 Å². The van der Waals surface area contributed by atoms with Gasteiger partial charge in [-0.3, -0.25) is 14.7 Å². The van der Waals surface area contributed by atoms with Crippen molar-refractivity contribution in [1.82, 2.24) is 20.0 Å². The summed E-state index contributed by atoms with van der Waals surface area (Å²) in [6.45, 7) is 17.7. The molecule has 2 aliphatic rings. The van der Waals surface area contributed by atoms with Crippen LogP contribution in [0.25, 0.3) is 0 Å². The van der Waals surface area contributed by atoms with Crippen molar-refractivity contribution in [2.45, 2.75) is 59.9 Å². The molecule has 0 saturated carbocycles. The number of hydrogen-bond donors (Lipinski definition) is 1. The van der Waals surface area contributed by atoms with E-state index in [-0.39, 0.29) is 11.5 Å². The van der Waals surface area contributed by atoms with Crippen LogP contribution in [-0.2, 0) is 4.79 Å². The average molecular weight is 380 g/mol. The number of amides is 1. The molecule has 0 bridgehead atoms. The van der Waals surface area contributed by atoms with Gasteiger partial charge in [0.05, 0.1) is 6.04 Å². The summed E-state index contributed by atoms with van der Waals surface area (Å²) in [7, 11) is 1.86. The van der Waals surface area contributed by atoms with Gasteiger partial charge in [-0.1, -0.05) is 27.7 Å². The lowest BCUT2D eigenvalue weighted by Crippen LogP contribution is -2.57. The zero-order chi connectivity index (χ0) is 20.0. The Kier molecular flexibility index (Phi) is 7.95. The van der Waals surface area contributed by atoms with Crippen molar-refractivity contribution >= 4 is 11.9 Å². The summed E-state index contributed by atoms with van der Waals surface area (Å²) in [6.07, 6.45) is 3.50. The van der Waals surface area contributed by atoms with Gasteiger partial charge in [0.15, 0.2) is 5.96 Å². The van der Waals surface area contributed by atoms with Gasteiger partial charge in [0.1, 0.15) is 0 Å². The number of likely N-dealkylation sites (tertiary alicyclic amines) is 1. The first kappa shape index (κ1) is 22.0. The lowest BCUT2D eigenvalue weighted by Gasteiger charge is -2.40. The van der Waals surface area contributed by atoms with Gasteiger partial charge < -0.3 is 15.1 Å². The van der Waals surface area contributed by atoms with Gasteiger partial charge in [0.25, 0.3) is 0 Å². The molecule has 2 saturated heterocycles. The molecule has 0 aromatic rings. The van der Waals surface area contributed by atoms with Gasteiger partial charge in [-0.25, -0.2) is 0 Å². The summed E-state index contributed by atoms with van der Waals surface area (Å²) in [5.41, 5.74) is 0.253. The second-order valence-corrected chi connectivity index (χ2v) is 9.39. The van der Waals surface area contributed by atoms with Crippen LogP contribution in [0.4, 0.5) is 0 Å². The van der Waals surface area contributed by atoms with Crippen molar-refractivity contribution in [1.29, 1.82) is 0 Å². The van der Waals surface area contributed by atoms with Crippen molar-refractivity contribution in [3.63, 3.8) is 0 Å². The molecule has 2 heterocycles. The highest BCUT2D eigenvalue weighted by atomic mass is 16.2. The molecule has 0 aromatic carbocycles. The Bertz CT molecular complexity index is 503. The molecular formula is C21H41N5O. The number of carbonyl (C=O) groups is 1. The normalized spacial score (nSPS) is 21.1. The number of carbonyl (C=O) groups excluding carboxylic acids is 1. The molecule has 2 fully saturated rings. The molecule has 1 unspecified atom stereocenters. The minimum Gasteiger partial charge on any atom is -0.356 e. The number of nitrogens with one attached hydrogen (secondary N) is 1. The fourth-order valence-corrected chi connectivity index (χ4v) is 4.51. The van der Waals surface area contributed by atoms with E-state index in [0.29, 0.717) is 11.8 Å².